The highest BCUT2D eigenvalue weighted by Crippen LogP contribution is 2.39. The summed E-state index contributed by atoms with van der Waals surface area (Å²) in [4.78, 5) is 29.8. The predicted octanol–water partition coefficient (Wildman–Crippen LogP) is 3.53. The van der Waals surface area contributed by atoms with Gasteiger partial charge in [-0.1, -0.05) is 23.4 Å². The first kappa shape index (κ1) is 19.7. The zero-order chi connectivity index (χ0) is 19.8. The summed E-state index contributed by atoms with van der Waals surface area (Å²) < 4.78 is 1.58. The Morgan fingerprint density at radius 3 is 2.81 bits per heavy atom. The molecule has 1 amide bonds. The van der Waals surface area contributed by atoms with Crippen molar-refractivity contribution in [3.63, 3.8) is 0 Å². The molecule has 1 heterocycles. The maximum Gasteiger partial charge on any atom is 0.262 e. The first-order valence-corrected chi connectivity index (χ1v) is 10.2. The summed E-state index contributed by atoms with van der Waals surface area (Å²) in [6.45, 7) is 5.55. The predicted molar refractivity (Wildman–Crippen MR) is 107 cm³/mol. The van der Waals surface area contributed by atoms with Crippen molar-refractivity contribution in [3.8, 4) is 6.07 Å². The molecule has 1 saturated carbocycles. The van der Waals surface area contributed by atoms with Crippen LogP contribution in [0.15, 0.2) is 28.2 Å². The van der Waals surface area contributed by atoms with Gasteiger partial charge >= 0.3 is 0 Å². The minimum atomic E-state index is -0.834. The number of nitrogens with zero attached hydrogens (tertiary/aromatic N) is 3. The van der Waals surface area contributed by atoms with Crippen LogP contribution in [-0.2, 0) is 4.79 Å². The summed E-state index contributed by atoms with van der Waals surface area (Å²) in [6, 6.07) is 7.09. The van der Waals surface area contributed by atoms with Crippen molar-refractivity contribution in [2.45, 2.75) is 50.4 Å². The van der Waals surface area contributed by atoms with E-state index in [1.165, 1.54) is 11.8 Å². The Morgan fingerprint density at radius 2 is 2.22 bits per heavy atom. The van der Waals surface area contributed by atoms with Crippen LogP contribution < -0.4 is 10.9 Å². The summed E-state index contributed by atoms with van der Waals surface area (Å²) in [6.07, 6.45) is 1.91. The quantitative estimate of drug-likeness (QED) is 0.587. The molecule has 1 aliphatic rings. The van der Waals surface area contributed by atoms with Crippen molar-refractivity contribution in [1.29, 1.82) is 5.26 Å². The van der Waals surface area contributed by atoms with Crippen LogP contribution >= 0.6 is 23.4 Å². The van der Waals surface area contributed by atoms with Crippen LogP contribution in [-0.4, -0.2) is 26.8 Å². The lowest BCUT2D eigenvalue weighted by atomic mass is 9.98. The van der Waals surface area contributed by atoms with Crippen LogP contribution in [0.2, 0.25) is 5.02 Å². The molecule has 0 aliphatic heterocycles. The van der Waals surface area contributed by atoms with E-state index in [1.807, 2.05) is 13.8 Å². The summed E-state index contributed by atoms with van der Waals surface area (Å²) in [5.74, 6) is 0.0489. The van der Waals surface area contributed by atoms with Gasteiger partial charge in [-0.05, 0) is 57.7 Å². The highest BCUT2D eigenvalue weighted by Gasteiger charge is 2.42. The fourth-order valence-electron chi connectivity index (χ4n) is 3.05. The summed E-state index contributed by atoms with van der Waals surface area (Å²) in [7, 11) is 0. The first-order chi connectivity index (χ1) is 12.7. The normalized spacial score (nSPS) is 16.1. The number of thioether (sulfide) groups is 1. The van der Waals surface area contributed by atoms with E-state index in [9.17, 15) is 14.9 Å². The van der Waals surface area contributed by atoms with Gasteiger partial charge in [-0.25, -0.2) is 4.98 Å². The Balaban J connectivity index is 1.85. The summed E-state index contributed by atoms with van der Waals surface area (Å²) >= 11 is 7.22. The van der Waals surface area contributed by atoms with Gasteiger partial charge in [0.2, 0.25) is 5.91 Å². The Morgan fingerprint density at radius 1 is 1.52 bits per heavy atom. The minimum absolute atomic E-state index is 0.0786. The molecule has 0 unspecified atom stereocenters. The third-order valence-electron chi connectivity index (χ3n) is 4.71. The van der Waals surface area contributed by atoms with E-state index in [-0.39, 0.29) is 29.2 Å². The van der Waals surface area contributed by atoms with E-state index in [1.54, 1.807) is 29.7 Å². The molecule has 142 valence electrons. The molecular formula is C19H21ClN4O2S. The van der Waals surface area contributed by atoms with Crippen molar-refractivity contribution in [1.82, 2.24) is 14.9 Å². The van der Waals surface area contributed by atoms with Crippen LogP contribution in [0.1, 0.15) is 39.7 Å². The zero-order valence-corrected chi connectivity index (χ0v) is 17.0. The molecule has 2 aromatic rings. The minimum Gasteiger partial charge on any atom is -0.337 e. The second-order valence-corrected chi connectivity index (χ2v) is 8.63. The molecule has 0 bridgehead atoms. The number of nitriles is 1. The van der Waals surface area contributed by atoms with E-state index in [0.29, 0.717) is 21.1 Å². The maximum absolute atomic E-state index is 12.8. The third kappa shape index (κ3) is 4.12. The number of fused-ring (bicyclic) bond motifs is 1. The first-order valence-electron chi connectivity index (χ1n) is 8.82. The lowest BCUT2D eigenvalue weighted by Crippen LogP contribution is -2.47. The molecule has 0 saturated heterocycles. The number of halogens is 1. The SMILES string of the molecule is CC(C)n1c(SCC(=O)N[C@](C)(C#N)C2CC2)nc2cc(Cl)ccc2c1=O. The van der Waals surface area contributed by atoms with Gasteiger partial charge in [-0.15, -0.1) is 0 Å². The Kier molecular flexibility index (Phi) is 5.50. The molecule has 1 aromatic heterocycles. The molecular weight excluding hydrogens is 384 g/mol. The molecule has 1 atom stereocenters. The van der Waals surface area contributed by atoms with Gasteiger partial charge in [0.15, 0.2) is 5.16 Å². The molecule has 1 aliphatic carbocycles. The molecule has 3 rings (SSSR count). The molecule has 1 aromatic carbocycles. The van der Waals surface area contributed by atoms with Gasteiger partial charge < -0.3 is 5.32 Å². The average molecular weight is 405 g/mol. The number of aromatic nitrogens is 2. The van der Waals surface area contributed by atoms with Crippen molar-refractivity contribution in [2.24, 2.45) is 5.92 Å². The van der Waals surface area contributed by atoms with Gasteiger partial charge in [0, 0.05) is 11.1 Å². The number of benzene rings is 1. The Hall–Kier alpha value is -2.04. The van der Waals surface area contributed by atoms with Gasteiger partial charge in [-0.2, -0.15) is 5.26 Å². The van der Waals surface area contributed by atoms with Crippen molar-refractivity contribution in [3.05, 3.63) is 33.6 Å². The Bertz CT molecular complexity index is 994. The standard InChI is InChI=1S/C19H21ClN4O2S/c1-11(2)24-17(26)14-7-6-13(20)8-15(14)22-18(24)27-9-16(25)23-19(3,10-21)12-4-5-12/h6-8,11-12H,4-5,9H2,1-3H3,(H,23,25)/t19-/m1/s1. The number of nitrogens with one attached hydrogen (secondary N) is 1. The number of hydrogen-bond acceptors (Lipinski definition) is 5. The molecule has 8 heteroatoms. The van der Waals surface area contributed by atoms with Crippen LogP contribution in [0, 0.1) is 17.2 Å². The monoisotopic (exact) mass is 404 g/mol. The number of amides is 1. The number of carbonyl (C=O) groups is 1. The topological polar surface area (TPSA) is 87.8 Å². The zero-order valence-electron chi connectivity index (χ0n) is 15.5. The smallest absolute Gasteiger partial charge is 0.262 e. The number of rotatable bonds is 6. The number of hydrogen-bond donors (Lipinski definition) is 1. The van der Waals surface area contributed by atoms with E-state index in [2.05, 4.69) is 16.4 Å². The van der Waals surface area contributed by atoms with Crippen LogP contribution in [0.5, 0.6) is 0 Å². The molecule has 0 radical (unpaired) electrons. The number of carbonyl (C=O) groups excluding carboxylic acids is 1. The lowest BCUT2D eigenvalue weighted by Gasteiger charge is -2.23. The fraction of sp³-hybridized carbons (Fsp3) is 0.474. The van der Waals surface area contributed by atoms with Gasteiger partial charge in [0.1, 0.15) is 5.54 Å². The average Bonchev–Trinajstić information content (AvgIpc) is 3.44. The third-order valence-corrected chi connectivity index (χ3v) is 5.89. The van der Waals surface area contributed by atoms with Gasteiger partial charge in [-0.3, -0.25) is 14.2 Å². The van der Waals surface area contributed by atoms with E-state index in [0.717, 1.165) is 12.8 Å². The van der Waals surface area contributed by atoms with E-state index < -0.39 is 5.54 Å². The Labute approximate surface area is 166 Å². The maximum atomic E-state index is 12.8. The highest BCUT2D eigenvalue weighted by atomic mass is 35.5. The summed E-state index contributed by atoms with van der Waals surface area (Å²) in [5, 5.41) is 13.7. The summed E-state index contributed by atoms with van der Waals surface area (Å²) in [5.41, 5.74) is -0.485. The highest BCUT2D eigenvalue weighted by molar-refractivity contribution is 7.99. The van der Waals surface area contributed by atoms with Gasteiger partial charge in [0.25, 0.3) is 5.56 Å². The van der Waals surface area contributed by atoms with Crippen molar-refractivity contribution in [2.75, 3.05) is 5.75 Å². The van der Waals surface area contributed by atoms with E-state index >= 15 is 0 Å². The van der Waals surface area contributed by atoms with Crippen molar-refractivity contribution < 1.29 is 4.79 Å². The molecule has 6 nitrogen and oxygen atoms in total. The molecule has 1 N–H and O–H groups in total. The largest absolute Gasteiger partial charge is 0.337 e. The molecule has 0 spiro atoms. The molecule has 27 heavy (non-hydrogen) atoms. The van der Waals surface area contributed by atoms with Crippen LogP contribution in [0.4, 0.5) is 0 Å². The molecule has 1 fully saturated rings. The lowest BCUT2D eigenvalue weighted by molar-refractivity contribution is -0.119. The fourth-order valence-corrected chi connectivity index (χ4v) is 4.14. The van der Waals surface area contributed by atoms with Gasteiger partial charge in [0.05, 0.1) is 22.7 Å². The van der Waals surface area contributed by atoms with Crippen LogP contribution in [0.3, 0.4) is 0 Å². The van der Waals surface area contributed by atoms with Crippen molar-refractivity contribution >= 4 is 40.2 Å². The second kappa shape index (κ2) is 7.53. The van der Waals surface area contributed by atoms with Crippen LogP contribution in [0.25, 0.3) is 10.9 Å². The second-order valence-electron chi connectivity index (χ2n) is 7.25. The van der Waals surface area contributed by atoms with E-state index in [4.69, 9.17) is 11.6 Å².